The number of methoxy groups -OCH3 is 1. The predicted molar refractivity (Wildman–Crippen MR) is 93.7 cm³/mol. The van der Waals surface area contributed by atoms with E-state index in [-0.39, 0.29) is 30.4 Å². The summed E-state index contributed by atoms with van der Waals surface area (Å²) in [7, 11) is 1.41. The second-order valence-corrected chi connectivity index (χ2v) is 7.69. The van der Waals surface area contributed by atoms with Gasteiger partial charge < -0.3 is 14.4 Å². The molecule has 0 aromatic heterocycles. The summed E-state index contributed by atoms with van der Waals surface area (Å²) in [6, 6.07) is 4.34. The van der Waals surface area contributed by atoms with Crippen LogP contribution in [0.25, 0.3) is 0 Å². The van der Waals surface area contributed by atoms with Gasteiger partial charge in [-0.25, -0.2) is 0 Å². The van der Waals surface area contributed by atoms with Crippen LogP contribution in [0, 0.1) is 6.92 Å². The zero-order valence-electron chi connectivity index (χ0n) is 15.1. The van der Waals surface area contributed by atoms with Crippen LogP contribution in [0.2, 0.25) is 0 Å². The molecule has 25 heavy (non-hydrogen) atoms. The molecular weight excluding hydrogens is 318 g/mol. The molecule has 1 aromatic rings. The lowest BCUT2D eigenvalue weighted by atomic mass is 9.90. The predicted octanol–water partition coefficient (Wildman–Crippen LogP) is 2.66. The Balaban J connectivity index is 1.79. The van der Waals surface area contributed by atoms with E-state index in [1.807, 2.05) is 17.9 Å². The molecule has 0 bridgehead atoms. The van der Waals surface area contributed by atoms with Crippen molar-refractivity contribution in [3.63, 3.8) is 0 Å². The van der Waals surface area contributed by atoms with E-state index in [4.69, 9.17) is 9.47 Å². The fourth-order valence-electron chi connectivity index (χ4n) is 4.56. The van der Waals surface area contributed by atoms with Crippen molar-refractivity contribution in [3.05, 3.63) is 28.8 Å². The fourth-order valence-corrected chi connectivity index (χ4v) is 4.56. The van der Waals surface area contributed by atoms with Crippen LogP contribution < -0.4 is 4.90 Å². The lowest BCUT2D eigenvalue weighted by Gasteiger charge is -2.35. The van der Waals surface area contributed by atoms with Gasteiger partial charge in [0.2, 0.25) is 5.91 Å². The Labute approximate surface area is 148 Å². The highest BCUT2D eigenvalue weighted by molar-refractivity contribution is 6.11. The number of carbonyl (C=O) groups excluding carboxylic acids is 2. The number of aryl methyl sites for hydroxylation is 1. The maximum atomic E-state index is 13.3. The van der Waals surface area contributed by atoms with Crippen molar-refractivity contribution in [1.29, 1.82) is 0 Å². The van der Waals surface area contributed by atoms with Crippen LogP contribution in [0.4, 0.5) is 5.69 Å². The minimum atomic E-state index is -0.395. The SMILES string of the molecule is COC(=O)Cc1cc(C)cc2c1C1(CC1)C(=O)N2[C@H]1CCO[C@H](C)C1. The molecule has 2 aliphatic heterocycles. The van der Waals surface area contributed by atoms with Gasteiger partial charge in [-0.2, -0.15) is 0 Å². The molecule has 2 fully saturated rings. The molecule has 1 aromatic carbocycles. The first-order chi connectivity index (χ1) is 12.0. The van der Waals surface area contributed by atoms with Crippen molar-refractivity contribution in [3.8, 4) is 0 Å². The number of hydrogen-bond donors (Lipinski definition) is 0. The molecule has 0 unspecified atom stereocenters. The number of benzene rings is 1. The Morgan fingerprint density at radius 3 is 2.80 bits per heavy atom. The van der Waals surface area contributed by atoms with Crippen molar-refractivity contribution in [2.45, 2.75) is 63.5 Å². The molecule has 4 rings (SSSR count). The average molecular weight is 343 g/mol. The molecule has 0 radical (unpaired) electrons. The molecule has 2 heterocycles. The van der Waals surface area contributed by atoms with Crippen molar-refractivity contribution in [1.82, 2.24) is 0 Å². The van der Waals surface area contributed by atoms with Gasteiger partial charge >= 0.3 is 5.97 Å². The maximum absolute atomic E-state index is 13.3. The summed E-state index contributed by atoms with van der Waals surface area (Å²) in [5.74, 6) is -0.0347. The second-order valence-electron chi connectivity index (χ2n) is 7.69. The summed E-state index contributed by atoms with van der Waals surface area (Å²) in [4.78, 5) is 27.3. The number of fused-ring (bicyclic) bond motifs is 2. The third kappa shape index (κ3) is 2.56. The molecule has 2 atom stereocenters. The summed E-state index contributed by atoms with van der Waals surface area (Å²) < 4.78 is 10.5. The van der Waals surface area contributed by atoms with E-state index in [9.17, 15) is 9.59 Å². The van der Waals surface area contributed by atoms with Gasteiger partial charge in [-0.15, -0.1) is 0 Å². The van der Waals surface area contributed by atoms with Gasteiger partial charge in [0.05, 0.1) is 25.0 Å². The summed E-state index contributed by atoms with van der Waals surface area (Å²) >= 11 is 0. The van der Waals surface area contributed by atoms with Gasteiger partial charge in [-0.05, 0) is 62.3 Å². The molecule has 1 saturated heterocycles. The molecule has 134 valence electrons. The third-order valence-corrected chi connectivity index (χ3v) is 5.84. The van der Waals surface area contributed by atoms with E-state index in [1.165, 1.54) is 7.11 Å². The number of nitrogens with zero attached hydrogens (tertiary/aromatic N) is 1. The van der Waals surface area contributed by atoms with Crippen LogP contribution in [-0.2, 0) is 30.9 Å². The molecule has 1 amide bonds. The second kappa shape index (κ2) is 5.84. The number of anilines is 1. The highest BCUT2D eigenvalue weighted by Crippen LogP contribution is 2.59. The maximum Gasteiger partial charge on any atom is 0.309 e. The first-order valence-corrected chi connectivity index (χ1v) is 9.12. The first-order valence-electron chi connectivity index (χ1n) is 9.12. The van der Waals surface area contributed by atoms with Gasteiger partial charge in [-0.3, -0.25) is 9.59 Å². The number of esters is 1. The highest BCUT2D eigenvalue weighted by atomic mass is 16.5. The van der Waals surface area contributed by atoms with Gasteiger partial charge in [-0.1, -0.05) is 6.07 Å². The molecule has 1 saturated carbocycles. The van der Waals surface area contributed by atoms with Crippen LogP contribution in [-0.4, -0.2) is 37.7 Å². The van der Waals surface area contributed by atoms with Gasteiger partial charge in [0.25, 0.3) is 0 Å². The normalized spacial score (nSPS) is 26.7. The van der Waals surface area contributed by atoms with Gasteiger partial charge in [0, 0.05) is 18.3 Å². The molecule has 1 aliphatic carbocycles. The first kappa shape index (κ1) is 16.6. The molecular formula is C20H25NO4. The molecule has 1 spiro atoms. The molecule has 0 N–H and O–H groups in total. The van der Waals surface area contributed by atoms with Crippen molar-refractivity contribution < 1.29 is 19.1 Å². The van der Waals surface area contributed by atoms with Crippen molar-refractivity contribution in [2.24, 2.45) is 0 Å². The molecule has 5 heteroatoms. The van der Waals surface area contributed by atoms with Crippen LogP contribution >= 0.6 is 0 Å². The number of amides is 1. The monoisotopic (exact) mass is 343 g/mol. The number of hydrogen-bond acceptors (Lipinski definition) is 4. The summed E-state index contributed by atoms with van der Waals surface area (Å²) in [5, 5.41) is 0. The standard InChI is InChI=1S/C20H25NO4/c1-12-8-14(11-17(22)24-3)18-16(9-12)21(19(23)20(18)5-6-20)15-4-7-25-13(2)10-15/h8-9,13,15H,4-7,10-11H2,1-3H3/t13-,15+/m1/s1. The van der Waals surface area contributed by atoms with Gasteiger partial charge in [0.1, 0.15) is 0 Å². The minimum Gasteiger partial charge on any atom is -0.469 e. The topological polar surface area (TPSA) is 55.8 Å². The minimum absolute atomic E-state index is 0.171. The van der Waals surface area contributed by atoms with E-state index in [1.54, 1.807) is 0 Å². The molecule has 5 nitrogen and oxygen atoms in total. The summed E-state index contributed by atoms with van der Waals surface area (Å²) in [5.41, 5.74) is 3.73. The smallest absolute Gasteiger partial charge is 0.309 e. The fraction of sp³-hybridized carbons (Fsp3) is 0.600. The van der Waals surface area contributed by atoms with Crippen LogP contribution in [0.15, 0.2) is 12.1 Å². The van der Waals surface area contributed by atoms with Crippen LogP contribution in [0.1, 0.15) is 49.3 Å². The van der Waals surface area contributed by atoms with Crippen LogP contribution in [0.5, 0.6) is 0 Å². The lowest BCUT2D eigenvalue weighted by Crippen LogP contribution is -2.45. The van der Waals surface area contributed by atoms with E-state index in [2.05, 4.69) is 13.0 Å². The average Bonchev–Trinajstić information content (AvgIpc) is 3.31. The van der Waals surface area contributed by atoms with E-state index >= 15 is 0 Å². The van der Waals surface area contributed by atoms with Crippen molar-refractivity contribution >= 4 is 17.6 Å². The van der Waals surface area contributed by atoms with E-state index in [0.717, 1.165) is 48.1 Å². The Morgan fingerprint density at radius 2 is 2.16 bits per heavy atom. The number of carbonyl (C=O) groups is 2. The lowest BCUT2D eigenvalue weighted by molar-refractivity contribution is -0.139. The van der Waals surface area contributed by atoms with E-state index in [0.29, 0.717) is 6.61 Å². The van der Waals surface area contributed by atoms with E-state index < -0.39 is 5.41 Å². The number of ether oxygens (including phenoxy) is 2. The van der Waals surface area contributed by atoms with Crippen LogP contribution in [0.3, 0.4) is 0 Å². The number of rotatable bonds is 3. The Morgan fingerprint density at radius 1 is 1.40 bits per heavy atom. The summed E-state index contributed by atoms with van der Waals surface area (Å²) in [6.07, 6.45) is 3.89. The Hall–Kier alpha value is -1.88. The van der Waals surface area contributed by atoms with Gasteiger partial charge in [0.15, 0.2) is 0 Å². The zero-order chi connectivity index (χ0) is 17.8. The zero-order valence-corrected chi connectivity index (χ0v) is 15.1. The summed E-state index contributed by atoms with van der Waals surface area (Å²) in [6.45, 7) is 4.78. The Kier molecular flexibility index (Phi) is 3.87. The van der Waals surface area contributed by atoms with Crippen molar-refractivity contribution in [2.75, 3.05) is 18.6 Å². The largest absolute Gasteiger partial charge is 0.469 e. The molecule has 3 aliphatic rings. The quantitative estimate of drug-likeness (QED) is 0.792. The Bertz CT molecular complexity index is 737. The third-order valence-electron chi connectivity index (χ3n) is 5.84. The highest BCUT2D eigenvalue weighted by Gasteiger charge is 2.61.